The molecule has 216 valence electrons. The van der Waals surface area contributed by atoms with Crippen LogP contribution in [0.4, 0.5) is 14.5 Å². The topological polar surface area (TPSA) is 109 Å². The van der Waals surface area contributed by atoms with Crippen molar-refractivity contribution in [1.82, 2.24) is 10.3 Å². The van der Waals surface area contributed by atoms with Gasteiger partial charge in [-0.15, -0.1) is 11.3 Å². The normalized spacial score (nSPS) is 25.6. The predicted molar refractivity (Wildman–Crippen MR) is 158 cm³/mol. The van der Waals surface area contributed by atoms with Crippen LogP contribution >= 0.6 is 21.9 Å². The molecule has 3 aromatic rings. The molecule has 2 heterocycles. The van der Waals surface area contributed by atoms with Crippen LogP contribution in [0, 0.1) is 23.1 Å². The number of aromatic nitrogens is 1. The van der Waals surface area contributed by atoms with E-state index in [4.69, 9.17) is 4.98 Å². The van der Waals surface area contributed by atoms with Crippen LogP contribution in [0.15, 0.2) is 48.5 Å². The minimum Gasteiger partial charge on any atom is -0.368 e. The summed E-state index contributed by atoms with van der Waals surface area (Å²) in [5.41, 5.74) is 2.53. The molecule has 3 atom stereocenters. The van der Waals surface area contributed by atoms with Gasteiger partial charge < -0.3 is 10.2 Å². The van der Waals surface area contributed by atoms with Crippen LogP contribution in [0.25, 0.3) is 21.0 Å². The third-order valence-corrected chi connectivity index (χ3v) is 11.3. The quantitative estimate of drug-likeness (QED) is 0.296. The second-order valence-electron chi connectivity index (χ2n) is 11.3. The lowest BCUT2D eigenvalue weighted by Gasteiger charge is -2.41. The number of carbonyl (C=O) groups excluding carboxylic acids is 1. The van der Waals surface area contributed by atoms with Crippen molar-refractivity contribution in [2.45, 2.75) is 49.7 Å². The van der Waals surface area contributed by atoms with Crippen LogP contribution in [-0.2, 0) is 4.79 Å². The van der Waals surface area contributed by atoms with Gasteiger partial charge >= 0.3 is 0 Å². The highest BCUT2D eigenvalue weighted by atomic mass is 32.3. The number of hydrogen-bond donors (Lipinski definition) is 3. The molecule has 6 rings (SSSR count). The molecule has 2 aliphatic carbocycles. The number of halogens is 2. The van der Waals surface area contributed by atoms with Crippen LogP contribution in [0.3, 0.4) is 0 Å². The molecule has 1 amide bonds. The van der Waals surface area contributed by atoms with E-state index in [0.717, 1.165) is 27.4 Å². The monoisotopic (exact) mass is 598 g/mol. The lowest BCUT2D eigenvalue weighted by molar-refractivity contribution is -0.128. The summed E-state index contributed by atoms with van der Waals surface area (Å²) >= 11 is 1.46. The molecule has 41 heavy (non-hydrogen) atoms. The van der Waals surface area contributed by atoms with Crippen molar-refractivity contribution in [1.29, 1.82) is 5.26 Å². The first-order chi connectivity index (χ1) is 19.7. The lowest BCUT2D eigenvalue weighted by Crippen LogP contribution is -2.44. The van der Waals surface area contributed by atoms with E-state index in [0.29, 0.717) is 55.3 Å². The Labute approximate surface area is 243 Å². The summed E-state index contributed by atoms with van der Waals surface area (Å²) in [5.74, 6) is -0.928. The fourth-order valence-corrected chi connectivity index (χ4v) is 8.15. The average Bonchev–Trinajstić information content (AvgIpc) is 3.60. The van der Waals surface area contributed by atoms with Gasteiger partial charge in [0.1, 0.15) is 22.5 Å². The van der Waals surface area contributed by atoms with Crippen LogP contribution in [0.2, 0.25) is 0 Å². The summed E-state index contributed by atoms with van der Waals surface area (Å²) in [5, 5.41) is 13.1. The fraction of sp³-hybridized carbons (Fsp3) is 0.433. The second-order valence-corrected chi connectivity index (χ2v) is 14.7. The summed E-state index contributed by atoms with van der Waals surface area (Å²) in [6.07, 6.45) is 0.966. The highest BCUT2D eigenvalue weighted by Crippen LogP contribution is 2.47. The molecule has 0 spiro atoms. The largest absolute Gasteiger partial charge is 0.368 e. The third kappa shape index (κ3) is 5.97. The molecule has 3 N–H and O–H groups in total. The van der Waals surface area contributed by atoms with Crippen LogP contribution < -0.4 is 10.2 Å². The Balaban J connectivity index is 1.35. The minimum absolute atomic E-state index is 0.0773. The van der Waals surface area contributed by atoms with E-state index >= 15 is 0 Å². The van der Waals surface area contributed by atoms with Crippen molar-refractivity contribution in [3.63, 3.8) is 0 Å². The molecule has 2 saturated carbocycles. The van der Waals surface area contributed by atoms with Crippen LogP contribution in [0.5, 0.6) is 0 Å². The Hall–Kier alpha value is -3.04. The van der Waals surface area contributed by atoms with Gasteiger partial charge in [-0.1, -0.05) is 12.1 Å². The van der Waals surface area contributed by atoms with E-state index in [9.17, 15) is 27.9 Å². The first-order valence-electron chi connectivity index (χ1n) is 13.9. The Morgan fingerprint density at radius 1 is 1.07 bits per heavy atom. The summed E-state index contributed by atoms with van der Waals surface area (Å²) in [4.78, 5) is 21.4. The zero-order valence-corrected chi connectivity index (χ0v) is 24.1. The number of benzene rings is 2. The Morgan fingerprint density at radius 3 is 2.37 bits per heavy atom. The van der Waals surface area contributed by atoms with E-state index in [1.54, 1.807) is 12.1 Å². The maximum Gasteiger partial charge on any atom is 0.225 e. The van der Waals surface area contributed by atoms with Crippen LogP contribution in [-0.4, -0.2) is 56.3 Å². The maximum absolute atomic E-state index is 14.7. The second kappa shape index (κ2) is 11.0. The van der Waals surface area contributed by atoms with Crippen molar-refractivity contribution in [3.05, 3.63) is 60.0 Å². The van der Waals surface area contributed by atoms with E-state index < -0.39 is 28.2 Å². The number of nitriles is 1. The molecule has 0 radical (unpaired) electrons. The molecule has 0 unspecified atom stereocenters. The van der Waals surface area contributed by atoms with Crippen molar-refractivity contribution >= 4 is 33.5 Å². The highest BCUT2D eigenvalue weighted by molar-refractivity contribution is 8.24. The van der Waals surface area contributed by atoms with Crippen molar-refractivity contribution in [2.24, 2.45) is 5.92 Å². The average molecular weight is 599 g/mol. The number of alkyl halides is 1. The first-order valence-corrected chi connectivity index (χ1v) is 16.6. The fourth-order valence-electron chi connectivity index (χ4n) is 5.77. The standard InChI is InChI=1S/C30H32F2N4O3S2/c31-21-5-1-20(2-6-21)29-34-26(24-10-7-22(32)17-25(24)28(37)35-30(18-33)11-12-30)27(40-29)19-3-8-23(9-4-19)36-13-15-41(38,39)16-14-36/h1-6,8-9,22,24-25,38-39H,7,10-17H2,(H,35,37)/t22-,24-,25-/m1/s1. The highest BCUT2D eigenvalue weighted by Gasteiger charge is 2.48. The number of nitrogens with one attached hydrogen (secondary N) is 1. The Kier molecular flexibility index (Phi) is 7.53. The zero-order chi connectivity index (χ0) is 28.8. The van der Waals surface area contributed by atoms with Crippen molar-refractivity contribution < 1.29 is 22.7 Å². The minimum atomic E-state index is -2.49. The van der Waals surface area contributed by atoms with E-state index in [1.165, 1.54) is 23.5 Å². The van der Waals surface area contributed by atoms with Gasteiger partial charge in [0.2, 0.25) is 5.91 Å². The molecule has 2 aromatic carbocycles. The third-order valence-electron chi connectivity index (χ3n) is 8.42. The van der Waals surface area contributed by atoms with Gasteiger partial charge in [-0.3, -0.25) is 13.9 Å². The van der Waals surface area contributed by atoms with Crippen molar-refractivity contribution in [2.75, 3.05) is 29.5 Å². The summed E-state index contributed by atoms with van der Waals surface area (Å²) in [6, 6.07) is 16.3. The number of nitrogens with zero attached hydrogens (tertiary/aromatic N) is 3. The first kappa shape index (κ1) is 28.1. The lowest BCUT2D eigenvalue weighted by atomic mass is 9.75. The number of hydrogen-bond acceptors (Lipinski definition) is 7. The summed E-state index contributed by atoms with van der Waals surface area (Å²) in [6.45, 7) is 1.13. The molecular weight excluding hydrogens is 566 g/mol. The molecular formula is C30H32F2N4O3S2. The summed E-state index contributed by atoms with van der Waals surface area (Å²) in [7, 11) is -2.49. The molecule has 1 aromatic heterocycles. The van der Waals surface area contributed by atoms with Gasteiger partial charge in [0, 0.05) is 36.2 Å². The molecule has 3 fully saturated rings. The van der Waals surface area contributed by atoms with E-state index in [1.807, 2.05) is 24.3 Å². The molecule has 11 heteroatoms. The molecule has 0 bridgehead atoms. The van der Waals surface area contributed by atoms with Gasteiger partial charge in [-0.2, -0.15) is 15.9 Å². The molecule has 1 aliphatic heterocycles. The predicted octanol–water partition coefficient (Wildman–Crippen LogP) is 6.58. The van der Waals surface area contributed by atoms with Gasteiger partial charge in [0.25, 0.3) is 0 Å². The van der Waals surface area contributed by atoms with Gasteiger partial charge in [0.05, 0.1) is 28.1 Å². The number of thiazole rings is 1. The number of carbonyl (C=O) groups is 1. The maximum atomic E-state index is 14.7. The smallest absolute Gasteiger partial charge is 0.225 e. The Morgan fingerprint density at radius 2 is 1.73 bits per heavy atom. The summed E-state index contributed by atoms with van der Waals surface area (Å²) < 4.78 is 48.3. The number of anilines is 1. The van der Waals surface area contributed by atoms with Gasteiger partial charge in [-0.05, 0) is 74.1 Å². The SMILES string of the molecule is N#CC1(NC(=O)[C@@H]2C[C@H](F)CC[C@H]2c2nc(-c3ccc(F)cc3)sc2-c2ccc(N3CCS(O)(O)CC3)cc2)CC1. The molecule has 1 saturated heterocycles. The van der Waals surface area contributed by atoms with Gasteiger partial charge in [-0.25, -0.2) is 13.8 Å². The molecule has 7 nitrogen and oxygen atoms in total. The molecule has 3 aliphatic rings. The van der Waals surface area contributed by atoms with Crippen molar-refractivity contribution in [3.8, 4) is 27.1 Å². The van der Waals surface area contributed by atoms with E-state index in [-0.39, 0.29) is 24.1 Å². The van der Waals surface area contributed by atoms with Crippen LogP contribution in [0.1, 0.15) is 43.7 Å². The number of rotatable bonds is 6. The Bertz CT molecular complexity index is 1460. The number of amides is 1. The zero-order valence-electron chi connectivity index (χ0n) is 22.4. The van der Waals surface area contributed by atoms with Gasteiger partial charge in [0.15, 0.2) is 0 Å². The van der Waals surface area contributed by atoms with E-state index in [2.05, 4.69) is 16.3 Å².